The predicted octanol–water partition coefficient (Wildman–Crippen LogP) is 5.11. The summed E-state index contributed by atoms with van der Waals surface area (Å²) in [4.78, 5) is 13.2. The molecular formula is C22H17ClN4O2S2. The molecule has 0 amide bonds. The summed E-state index contributed by atoms with van der Waals surface area (Å²) >= 11 is 9.01. The van der Waals surface area contributed by atoms with Crippen LogP contribution in [-0.2, 0) is 12.3 Å². The molecule has 0 saturated heterocycles. The molecule has 9 heteroatoms. The Bertz CT molecular complexity index is 1440. The van der Waals surface area contributed by atoms with E-state index in [1.54, 1.807) is 23.4 Å². The second kappa shape index (κ2) is 8.37. The second-order valence-electron chi connectivity index (χ2n) is 6.91. The Morgan fingerprint density at radius 1 is 1.10 bits per heavy atom. The van der Waals surface area contributed by atoms with E-state index in [1.807, 2.05) is 58.3 Å². The highest BCUT2D eigenvalue weighted by Crippen LogP contribution is 2.27. The van der Waals surface area contributed by atoms with Crippen molar-refractivity contribution in [3.05, 3.63) is 86.5 Å². The molecule has 0 saturated carbocycles. The van der Waals surface area contributed by atoms with E-state index in [2.05, 4.69) is 16.3 Å². The highest BCUT2D eigenvalue weighted by molar-refractivity contribution is 7.98. The van der Waals surface area contributed by atoms with Gasteiger partial charge in [-0.05, 0) is 46.8 Å². The fraction of sp³-hybridized carbons (Fsp3) is 0.136. The molecule has 5 aromatic rings. The van der Waals surface area contributed by atoms with Gasteiger partial charge in [0, 0.05) is 10.8 Å². The minimum Gasteiger partial charge on any atom is -0.497 e. The van der Waals surface area contributed by atoms with Crippen LogP contribution in [0.5, 0.6) is 5.75 Å². The van der Waals surface area contributed by atoms with Crippen molar-refractivity contribution in [3.8, 4) is 5.75 Å². The molecule has 0 spiro atoms. The third-order valence-corrected chi connectivity index (χ3v) is 7.08. The fourth-order valence-corrected chi connectivity index (χ4v) is 5.25. The molecule has 0 N–H and O–H groups in total. The maximum atomic E-state index is 13.2. The molecule has 2 aromatic carbocycles. The minimum absolute atomic E-state index is 0.0656. The molecule has 0 aliphatic carbocycles. The summed E-state index contributed by atoms with van der Waals surface area (Å²) in [5.41, 5.74) is 2.86. The van der Waals surface area contributed by atoms with E-state index >= 15 is 0 Å². The SMILES string of the molecule is COc1cccc(CSc2nnc3n(Cc4ccc(Cl)cc4)c(=O)c4sccc4n23)c1. The number of thiophene rings is 1. The van der Waals surface area contributed by atoms with Crippen LogP contribution in [-0.4, -0.2) is 26.3 Å². The average molecular weight is 469 g/mol. The molecule has 31 heavy (non-hydrogen) atoms. The Morgan fingerprint density at radius 3 is 2.74 bits per heavy atom. The van der Waals surface area contributed by atoms with Gasteiger partial charge in [0.05, 0.1) is 19.2 Å². The number of thioether (sulfide) groups is 1. The quantitative estimate of drug-likeness (QED) is 0.324. The molecule has 0 aliphatic rings. The van der Waals surface area contributed by atoms with Gasteiger partial charge in [0.25, 0.3) is 5.56 Å². The lowest BCUT2D eigenvalue weighted by molar-refractivity contribution is 0.414. The Labute approximate surface area is 191 Å². The molecule has 0 radical (unpaired) electrons. The average Bonchev–Trinajstić information content (AvgIpc) is 3.44. The number of aromatic nitrogens is 4. The maximum Gasteiger partial charge on any atom is 0.273 e. The summed E-state index contributed by atoms with van der Waals surface area (Å²) in [5.74, 6) is 2.06. The zero-order valence-corrected chi connectivity index (χ0v) is 18.9. The molecule has 156 valence electrons. The summed E-state index contributed by atoms with van der Waals surface area (Å²) < 4.78 is 9.64. The number of hydrogen-bond acceptors (Lipinski definition) is 6. The Kier molecular flexibility index (Phi) is 5.43. The predicted molar refractivity (Wildman–Crippen MR) is 126 cm³/mol. The lowest BCUT2D eigenvalue weighted by Gasteiger charge is -2.10. The molecule has 5 rings (SSSR count). The van der Waals surface area contributed by atoms with Crippen LogP contribution in [0.15, 0.2) is 69.9 Å². The number of ether oxygens (including phenoxy) is 1. The Morgan fingerprint density at radius 2 is 1.94 bits per heavy atom. The summed E-state index contributed by atoms with van der Waals surface area (Å²) in [6.07, 6.45) is 0. The highest BCUT2D eigenvalue weighted by Gasteiger charge is 2.18. The summed E-state index contributed by atoms with van der Waals surface area (Å²) in [6.45, 7) is 0.395. The molecule has 0 unspecified atom stereocenters. The van der Waals surface area contributed by atoms with Gasteiger partial charge < -0.3 is 4.74 Å². The van der Waals surface area contributed by atoms with E-state index in [4.69, 9.17) is 16.3 Å². The molecule has 3 aromatic heterocycles. The van der Waals surface area contributed by atoms with Crippen molar-refractivity contribution in [1.29, 1.82) is 0 Å². The van der Waals surface area contributed by atoms with Crippen LogP contribution >= 0.6 is 34.7 Å². The van der Waals surface area contributed by atoms with Crippen molar-refractivity contribution in [3.63, 3.8) is 0 Å². The van der Waals surface area contributed by atoms with E-state index in [-0.39, 0.29) is 5.56 Å². The van der Waals surface area contributed by atoms with E-state index in [1.165, 1.54) is 11.3 Å². The zero-order valence-electron chi connectivity index (χ0n) is 16.5. The van der Waals surface area contributed by atoms with E-state index < -0.39 is 0 Å². The van der Waals surface area contributed by atoms with Gasteiger partial charge in [0.15, 0.2) is 5.16 Å². The first-order chi connectivity index (χ1) is 15.1. The second-order valence-corrected chi connectivity index (χ2v) is 9.21. The number of rotatable bonds is 6. The lowest BCUT2D eigenvalue weighted by atomic mass is 10.2. The van der Waals surface area contributed by atoms with Crippen LogP contribution in [0.4, 0.5) is 0 Å². The van der Waals surface area contributed by atoms with Crippen LogP contribution < -0.4 is 10.3 Å². The van der Waals surface area contributed by atoms with Crippen molar-refractivity contribution in [1.82, 2.24) is 19.2 Å². The van der Waals surface area contributed by atoms with Crippen molar-refractivity contribution >= 4 is 50.7 Å². The third-order valence-electron chi connectivity index (χ3n) is 4.94. The Balaban J connectivity index is 1.57. The highest BCUT2D eigenvalue weighted by atomic mass is 35.5. The first-order valence-corrected chi connectivity index (χ1v) is 11.7. The van der Waals surface area contributed by atoms with Crippen molar-refractivity contribution in [2.75, 3.05) is 7.11 Å². The van der Waals surface area contributed by atoms with Gasteiger partial charge in [-0.15, -0.1) is 21.5 Å². The van der Waals surface area contributed by atoms with Gasteiger partial charge in [0.1, 0.15) is 10.4 Å². The number of halogens is 1. The van der Waals surface area contributed by atoms with Gasteiger partial charge in [-0.2, -0.15) is 0 Å². The maximum absolute atomic E-state index is 13.2. The smallest absolute Gasteiger partial charge is 0.273 e. The van der Waals surface area contributed by atoms with Crippen LogP contribution in [0.2, 0.25) is 5.02 Å². The molecule has 0 fully saturated rings. The minimum atomic E-state index is -0.0656. The van der Waals surface area contributed by atoms with Crippen LogP contribution in [0.25, 0.3) is 16.0 Å². The van der Waals surface area contributed by atoms with Gasteiger partial charge in [0.2, 0.25) is 5.78 Å². The largest absolute Gasteiger partial charge is 0.497 e. The lowest BCUT2D eigenvalue weighted by Crippen LogP contribution is -2.23. The van der Waals surface area contributed by atoms with Gasteiger partial charge >= 0.3 is 0 Å². The van der Waals surface area contributed by atoms with Gasteiger partial charge in [-0.25, -0.2) is 0 Å². The number of nitrogens with zero attached hydrogens (tertiary/aromatic N) is 4. The Hall–Kier alpha value is -2.81. The van der Waals surface area contributed by atoms with Gasteiger partial charge in [-0.3, -0.25) is 13.8 Å². The number of methoxy groups -OCH3 is 1. The van der Waals surface area contributed by atoms with Gasteiger partial charge in [-0.1, -0.05) is 47.6 Å². The molecule has 0 atom stereocenters. The summed E-state index contributed by atoms with van der Waals surface area (Å²) in [5, 5.41) is 12.1. The van der Waals surface area contributed by atoms with Crippen molar-refractivity contribution in [2.45, 2.75) is 17.5 Å². The normalized spacial score (nSPS) is 11.4. The standard InChI is InChI=1S/C22H17ClN4O2S2/c1-29-17-4-2-3-15(11-17)13-31-22-25-24-21-26(12-14-5-7-16(23)8-6-14)20(28)19-18(27(21)22)9-10-30-19/h2-11H,12-13H2,1H3. The van der Waals surface area contributed by atoms with E-state index in [0.717, 1.165) is 27.5 Å². The summed E-state index contributed by atoms with van der Waals surface area (Å²) in [6, 6.07) is 17.4. The van der Waals surface area contributed by atoms with Crippen molar-refractivity contribution < 1.29 is 4.74 Å². The molecule has 0 aliphatic heterocycles. The van der Waals surface area contributed by atoms with E-state index in [0.29, 0.717) is 27.8 Å². The van der Waals surface area contributed by atoms with Crippen molar-refractivity contribution in [2.24, 2.45) is 0 Å². The van der Waals surface area contributed by atoms with Crippen LogP contribution in [0.3, 0.4) is 0 Å². The summed E-state index contributed by atoms with van der Waals surface area (Å²) in [7, 11) is 1.66. The first kappa shape index (κ1) is 20.1. The molecule has 3 heterocycles. The van der Waals surface area contributed by atoms with E-state index in [9.17, 15) is 4.79 Å². The molecule has 0 bridgehead atoms. The molecular weight excluding hydrogens is 452 g/mol. The zero-order chi connectivity index (χ0) is 21.4. The van der Waals surface area contributed by atoms with Crippen LogP contribution in [0.1, 0.15) is 11.1 Å². The fourth-order valence-electron chi connectivity index (χ4n) is 3.42. The number of benzene rings is 2. The number of hydrogen-bond donors (Lipinski definition) is 0. The monoisotopic (exact) mass is 468 g/mol. The molecule has 6 nitrogen and oxygen atoms in total. The third kappa shape index (κ3) is 3.82. The first-order valence-electron chi connectivity index (χ1n) is 9.49. The topological polar surface area (TPSA) is 61.4 Å². The van der Waals surface area contributed by atoms with Crippen LogP contribution in [0, 0.1) is 0 Å². The number of fused-ring (bicyclic) bond motifs is 3.